The van der Waals surface area contributed by atoms with E-state index in [0.717, 1.165) is 25.9 Å². The molecule has 1 saturated heterocycles. The number of hydrogen-bond donors (Lipinski definition) is 1. The van der Waals surface area contributed by atoms with E-state index in [-0.39, 0.29) is 5.78 Å². The van der Waals surface area contributed by atoms with Crippen LogP contribution in [0.25, 0.3) is 0 Å². The summed E-state index contributed by atoms with van der Waals surface area (Å²) in [4.78, 5) is 17.8. The van der Waals surface area contributed by atoms with Gasteiger partial charge in [-0.3, -0.25) is 9.78 Å². The molecule has 4 heteroatoms. The van der Waals surface area contributed by atoms with Crippen LogP contribution in [-0.2, 0) is 0 Å². The molecule has 2 heterocycles. The van der Waals surface area contributed by atoms with E-state index >= 15 is 0 Å². The first-order valence-corrected chi connectivity index (χ1v) is 5.62. The zero-order valence-corrected chi connectivity index (χ0v) is 9.17. The number of ketones is 1. The third kappa shape index (κ3) is 2.65. The number of likely N-dealkylation sites (tertiary alicyclic amines) is 1. The number of rotatable bonds is 4. The van der Waals surface area contributed by atoms with Gasteiger partial charge in [0.05, 0.1) is 0 Å². The maximum atomic E-state index is 11.8. The summed E-state index contributed by atoms with van der Waals surface area (Å²) >= 11 is 0. The summed E-state index contributed by atoms with van der Waals surface area (Å²) in [6.07, 6.45) is 4.54. The molecule has 1 N–H and O–H groups in total. The van der Waals surface area contributed by atoms with Gasteiger partial charge in [0.2, 0.25) is 0 Å². The Morgan fingerprint density at radius 3 is 2.62 bits per heavy atom. The van der Waals surface area contributed by atoms with E-state index in [1.54, 1.807) is 24.5 Å². The molecular formula is C12H16N2O2. The lowest BCUT2D eigenvalue weighted by Gasteiger charge is -2.18. The van der Waals surface area contributed by atoms with Gasteiger partial charge in [0.1, 0.15) is 6.10 Å². The van der Waals surface area contributed by atoms with Crippen LogP contribution in [0.4, 0.5) is 0 Å². The molecule has 1 aliphatic rings. The molecule has 0 amide bonds. The van der Waals surface area contributed by atoms with Gasteiger partial charge < -0.3 is 10.0 Å². The second-order valence-electron chi connectivity index (χ2n) is 4.12. The number of aliphatic hydroxyl groups excluding tert-OH is 1. The molecule has 0 saturated carbocycles. The van der Waals surface area contributed by atoms with Crippen LogP contribution in [0.5, 0.6) is 0 Å². The van der Waals surface area contributed by atoms with E-state index in [1.165, 1.54) is 0 Å². The van der Waals surface area contributed by atoms with Crippen molar-refractivity contribution in [3.63, 3.8) is 0 Å². The monoisotopic (exact) mass is 220 g/mol. The van der Waals surface area contributed by atoms with Crippen LogP contribution in [0.1, 0.15) is 23.2 Å². The highest BCUT2D eigenvalue weighted by Gasteiger charge is 2.21. The Kier molecular flexibility index (Phi) is 3.64. The third-order valence-electron chi connectivity index (χ3n) is 2.90. The van der Waals surface area contributed by atoms with Gasteiger partial charge in [0.25, 0.3) is 0 Å². The highest BCUT2D eigenvalue weighted by Crippen LogP contribution is 2.10. The van der Waals surface area contributed by atoms with Gasteiger partial charge in [0, 0.05) is 24.5 Å². The van der Waals surface area contributed by atoms with Crippen LogP contribution < -0.4 is 0 Å². The average Bonchev–Trinajstić information content (AvgIpc) is 2.82. The van der Waals surface area contributed by atoms with Crippen molar-refractivity contribution in [1.29, 1.82) is 0 Å². The van der Waals surface area contributed by atoms with E-state index in [0.29, 0.717) is 12.1 Å². The SMILES string of the molecule is O=C(c1ccncc1)C(O)CN1CCCC1. The summed E-state index contributed by atoms with van der Waals surface area (Å²) in [6, 6.07) is 3.27. The summed E-state index contributed by atoms with van der Waals surface area (Å²) < 4.78 is 0. The van der Waals surface area contributed by atoms with Crippen LogP contribution in [0, 0.1) is 0 Å². The van der Waals surface area contributed by atoms with Crippen molar-refractivity contribution in [2.45, 2.75) is 18.9 Å². The Morgan fingerprint density at radius 2 is 2.00 bits per heavy atom. The maximum Gasteiger partial charge on any atom is 0.192 e. The van der Waals surface area contributed by atoms with Crippen LogP contribution in [0.3, 0.4) is 0 Å². The predicted molar refractivity (Wildman–Crippen MR) is 60.2 cm³/mol. The maximum absolute atomic E-state index is 11.8. The smallest absolute Gasteiger partial charge is 0.192 e. The minimum atomic E-state index is -0.916. The minimum absolute atomic E-state index is 0.214. The predicted octanol–water partition coefficient (Wildman–Crippen LogP) is 0.721. The van der Waals surface area contributed by atoms with Crippen molar-refractivity contribution in [2.24, 2.45) is 0 Å². The van der Waals surface area contributed by atoms with E-state index in [9.17, 15) is 9.90 Å². The van der Waals surface area contributed by atoms with Crippen molar-refractivity contribution in [3.05, 3.63) is 30.1 Å². The number of carbonyl (C=O) groups excluding carboxylic acids is 1. The molecule has 0 aliphatic carbocycles. The van der Waals surface area contributed by atoms with E-state index in [1.807, 2.05) is 0 Å². The summed E-state index contributed by atoms with van der Waals surface area (Å²) in [6.45, 7) is 2.42. The molecular weight excluding hydrogens is 204 g/mol. The summed E-state index contributed by atoms with van der Waals surface area (Å²) in [5, 5.41) is 9.82. The molecule has 0 spiro atoms. The highest BCUT2D eigenvalue weighted by molar-refractivity contribution is 5.99. The lowest BCUT2D eigenvalue weighted by molar-refractivity contribution is 0.0668. The minimum Gasteiger partial charge on any atom is -0.384 e. The fourth-order valence-electron chi connectivity index (χ4n) is 2.00. The quantitative estimate of drug-likeness (QED) is 0.760. The summed E-state index contributed by atoms with van der Waals surface area (Å²) in [5.41, 5.74) is 0.529. The zero-order valence-electron chi connectivity index (χ0n) is 9.17. The number of pyridine rings is 1. The Hall–Kier alpha value is -1.26. The molecule has 4 nitrogen and oxygen atoms in total. The lowest BCUT2D eigenvalue weighted by atomic mass is 10.1. The van der Waals surface area contributed by atoms with Crippen molar-refractivity contribution < 1.29 is 9.90 Å². The topological polar surface area (TPSA) is 53.4 Å². The van der Waals surface area contributed by atoms with Crippen LogP contribution in [0.15, 0.2) is 24.5 Å². The molecule has 1 aromatic heterocycles. The van der Waals surface area contributed by atoms with Gasteiger partial charge in [-0.1, -0.05) is 0 Å². The largest absolute Gasteiger partial charge is 0.384 e. The fraction of sp³-hybridized carbons (Fsp3) is 0.500. The van der Waals surface area contributed by atoms with Gasteiger partial charge >= 0.3 is 0 Å². The lowest BCUT2D eigenvalue weighted by Crippen LogP contribution is -2.35. The molecule has 1 aromatic rings. The number of aromatic nitrogens is 1. The standard InChI is InChI=1S/C12H16N2O2/c15-11(9-14-7-1-2-8-14)12(16)10-3-5-13-6-4-10/h3-6,11,15H,1-2,7-9H2. The molecule has 1 atom stereocenters. The second-order valence-corrected chi connectivity index (χ2v) is 4.12. The molecule has 1 unspecified atom stereocenters. The van der Waals surface area contributed by atoms with Crippen LogP contribution in [0.2, 0.25) is 0 Å². The van der Waals surface area contributed by atoms with E-state index in [4.69, 9.17) is 0 Å². The Bertz CT molecular complexity index is 347. The van der Waals surface area contributed by atoms with Crippen molar-refractivity contribution in [2.75, 3.05) is 19.6 Å². The first-order valence-electron chi connectivity index (χ1n) is 5.62. The Balaban J connectivity index is 1.94. The summed E-state index contributed by atoms with van der Waals surface area (Å²) in [5.74, 6) is -0.214. The molecule has 0 radical (unpaired) electrons. The van der Waals surface area contributed by atoms with E-state index in [2.05, 4.69) is 9.88 Å². The number of Topliss-reactive ketones (excluding diaryl/α,β-unsaturated/α-hetero) is 1. The first-order chi connectivity index (χ1) is 7.77. The van der Waals surface area contributed by atoms with Gasteiger partial charge in [-0.05, 0) is 38.1 Å². The highest BCUT2D eigenvalue weighted by atomic mass is 16.3. The molecule has 16 heavy (non-hydrogen) atoms. The zero-order chi connectivity index (χ0) is 11.4. The molecule has 1 aliphatic heterocycles. The van der Waals surface area contributed by atoms with Crippen molar-refractivity contribution >= 4 is 5.78 Å². The van der Waals surface area contributed by atoms with Crippen molar-refractivity contribution in [1.82, 2.24) is 9.88 Å². The van der Waals surface area contributed by atoms with Gasteiger partial charge in [0.15, 0.2) is 5.78 Å². The molecule has 2 rings (SSSR count). The fourth-order valence-corrected chi connectivity index (χ4v) is 2.00. The Labute approximate surface area is 94.9 Å². The Morgan fingerprint density at radius 1 is 1.38 bits per heavy atom. The normalized spacial score (nSPS) is 18.6. The second kappa shape index (κ2) is 5.18. The number of β-amino-alcohol motifs (C(OH)–C–C–N with tert-alkyl or cyclic N) is 1. The van der Waals surface area contributed by atoms with Crippen LogP contribution in [-0.4, -0.2) is 46.5 Å². The molecule has 0 aromatic carbocycles. The number of aliphatic hydroxyl groups is 1. The third-order valence-corrected chi connectivity index (χ3v) is 2.90. The molecule has 1 fully saturated rings. The van der Waals surface area contributed by atoms with E-state index < -0.39 is 6.10 Å². The average molecular weight is 220 g/mol. The van der Waals surface area contributed by atoms with Crippen LogP contribution >= 0.6 is 0 Å². The van der Waals surface area contributed by atoms with Crippen molar-refractivity contribution in [3.8, 4) is 0 Å². The molecule has 86 valence electrons. The summed E-state index contributed by atoms with van der Waals surface area (Å²) in [7, 11) is 0. The number of nitrogens with zero attached hydrogens (tertiary/aromatic N) is 2. The number of hydrogen-bond acceptors (Lipinski definition) is 4. The van der Waals surface area contributed by atoms with Gasteiger partial charge in [-0.25, -0.2) is 0 Å². The first kappa shape index (κ1) is 11.2. The number of carbonyl (C=O) groups is 1. The molecule has 0 bridgehead atoms. The van der Waals surface area contributed by atoms with Gasteiger partial charge in [-0.15, -0.1) is 0 Å². The van der Waals surface area contributed by atoms with Gasteiger partial charge in [-0.2, -0.15) is 0 Å².